The lowest BCUT2D eigenvalue weighted by molar-refractivity contribution is 0.401. The van der Waals surface area contributed by atoms with E-state index in [1.165, 1.54) is 16.3 Å². The second kappa shape index (κ2) is 11.1. The topological polar surface area (TPSA) is 23.4 Å². The first-order valence-electron chi connectivity index (χ1n) is 17.8. The normalized spacial score (nSPS) is 15.3. The maximum atomic E-state index is 7.14. The molecule has 3 heteroatoms. The minimum absolute atomic E-state index is 0.707. The Hall–Kier alpha value is -6.84. The third kappa shape index (κ3) is 3.91. The summed E-state index contributed by atoms with van der Waals surface area (Å²) in [4.78, 5) is 0. The molecule has 1 unspecified atom stereocenters. The molecule has 0 radical (unpaired) electrons. The average molecular weight is 666 g/mol. The van der Waals surface area contributed by atoms with Crippen LogP contribution in [0.5, 0.6) is 23.0 Å². The molecular formula is C49H31NO2. The van der Waals surface area contributed by atoms with Gasteiger partial charge in [0.05, 0.1) is 16.4 Å². The van der Waals surface area contributed by atoms with E-state index in [0.717, 1.165) is 78.7 Å². The maximum Gasteiger partial charge on any atom is 0.140 e. The van der Waals surface area contributed by atoms with Crippen LogP contribution >= 0.6 is 0 Å². The van der Waals surface area contributed by atoms with E-state index in [1.807, 2.05) is 0 Å². The first-order valence-corrected chi connectivity index (χ1v) is 17.8. The van der Waals surface area contributed by atoms with Gasteiger partial charge in [-0.25, -0.2) is 0 Å². The Balaban J connectivity index is 1.25. The fourth-order valence-corrected chi connectivity index (χ4v) is 8.86. The summed E-state index contributed by atoms with van der Waals surface area (Å²) >= 11 is 0. The quantitative estimate of drug-likeness (QED) is 0.187. The SMILES string of the molecule is c1ccc(-c2cccc3c2Oc2ccccc2C32c3ccccc3Oc3c(-c4cccc5c4c4ccccc4n5-c4ccccc4)cccc32)cc1. The molecule has 8 aromatic carbocycles. The zero-order valence-electron chi connectivity index (χ0n) is 28.2. The first-order chi connectivity index (χ1) is 25.8. The van der Waals surface area contributed by atoms with Crippen molar-refractivity contribution in [3.63, 3.8) is 0 Å². The lowest BCUT2D eigenvalue weighted by Crippen LogP contribution is -2.37. The predicted octanol–water partition coefficient (Wildman–Crippen LogP) is 12.7. The van der Waals surface area contributed by atoms with Crippen LogP contribution in [0.15, 0.2) is 188 Å². The number of fused-ring (bicyclic) bond motifs is 11. The van der Waals surface area contributed by atoms with Gasteiger partial charge in [-0.2, -0.15) is 0 Å². The monoisotopic (exact) mass is 665 g/mol. The van der Waals surface area contributed by atoms with E-state index in [-0.39, 0.29) is 0 Å². The van der Waals surface area contributed by atoms with Gasteiger partial charge in [-0.05, 0) is 47.5 Å². The van der Waals surface area contributed by atoms with Crippen LogP contribution in [0.3, 0.4) is 0 Å². The largest absolute Gasteiger partial charge is 0.456 e. The van der Waals surface area contributed by atoms with Gasteiger partial charge in [0.2, 0.25) is 0 Å². The number of benzene rings is 8. The van der Waals surface area contributed by atoms with E-state index in [1.54, 1.807) is 0 Å². The van der Waals surface area contributed by atoms with Crippen LogP contribution < -0.4 is 9.47 Å². The highest BCUT2D eigenvalue weighted by molar-refractivity contribution is 6.16. The number of aromatic nitrogens is 1. The van der Waals surface area contributed by atoms with Gasteiger partial charge in [0.15, 0.2) is 0 Å². The van der Waals surface area contributed by atoms with Crippen LogP contribution in [0.1, 0.15) is 22.3 Å². The van der Waals surface area contributed by atoms with Crippen LogP contribution in [0.25, 0.3) is 49.7 Å². The fraction of sp³-hybridized carbons (Fsp3) is 0.0204. The van der Waals surface area contributed by atoms with Gasteiger partial charge in [0.25, 0.3) is 0 Å². The third-order valence-corrected chi connectivity index (χ3v) is 10.9. The second-order valence-electron chi connectivity index (χ2n) is 13.6. The summed E-state index contributed by atoms with van der Waals surface area (Å²) < 4.78 is 16.5. The van der Waals surface area contributed by atoms with Crippen molar-refractivity contribution >= 4 is 21.8 Å². The Bertz CT molecular complexity index is 2840. The Labute approximate surface area is 301 Å². The van der Waals surface area contributed by atoms with Crippen molar-refractivity contribution in [2.24, 2.45) is 0 Å². The number of hydrogen-bond donors (Lipinski definition) is 0. The fourth-order valence-electron chi connectivity index (χ4n) is 8.86. The number of rotatable bonds is 3. The summed E-state index contributed by atoms with van der Waals surface area (Å²) in [6.07, 6.45) is 0. The Morgan fingerprint density at radius 1 is 0.365 bits per heavy atom. The van der Waals surface area contributed by atoms with E-state index in [4.69, 9.17) is 9.47 Å². The maximum absolute atomic E-state index is 7.14. The minimum Gasteiger partial charge on any atom is -0.456 e. The van der Waals surface area contributed by atoms with Crippen molar-refractivity contribution in [1.29, 1.82) is 0 Å². The smallest absolute Gasteiger partial charge is 0.140 e. The molecule has 0 N–H and O–H groups in total. The van der Waals surface area contributed by atoms with Gasteiger partial charge in [-0.3, -0.25) is 0 Å². The molecule has 9 aromatic rings. The van der Waals surface area contributed by atoms with E-state index < -0.39 is 5.41 Å². The molecule has 3 nitrogen and oxygen atoms in total. The molecule has 3 heterocycles. The molecule has 0 amide bonds. The summed E-state index contributed by atoms with van der Waals surface area (Å²) in [5.74, 6) is 3.42. The molecule has 2 aliphatic heterocycles. The molecule has 1 aromatic heterocycles. The van der Waals surface area contributed by atoms with E-state index in [2.05, 4.69) is 193 Å². The summed E-state index contributed by atoms with van der Waals surface area (Å²) in [6.45, 7) is 0. The highest BCUT2D eigenvalue weighted by Gasteiger charge is 2.51. The van der Waals surface area contributed by atoms with Gasteiger partial charge >= 0.3 is 0 Å². The van der Waals surface area contributed by atoms with Crippen LogP contribution in [0, 0.1) is 0 Å². The molecule has 52 heavy (non-hydrogen) atoms. The standard InChI is InChI=1S/C49H31NO2/c1-3-16-32(17-4-1)34-21-13-26-40-47(34)51-44-30-11-8-24-38(44)49(40)39-25-9-12-31-45(39)52-48-36(23-14-27-41(48)49)35-22-15-29-43-46(35)37-20-7-10-28-42(37)50(43)33-18-5-2-6-19-33/h1-31H. The summed E-state index contributed by atoms with van der Waals surface area (Å²) in [6, 6.07) is 66.8. The van der Waals surface area contributed by atoms with Gasteiger partial charge in [-0.1, -0.05) is 152 Å². The third-order valence-electron chi connectivity index (χ3n) is 10.9. The number of para-hydroxylation sites is 6. The molecule has 244 valence electrons. The summed E-state index contributed by atoms with van der Waals surface area (Å²) in [7, 11) is 0. The van der Waals surface area contributed by atoms with E-state index >= 15 is 0 Å². The lowest BCUT2D eigenvalue weighted by Gasteiger charge is -2.45. The van der Waals surface area contributed by atoms with Crippen molar-refractivity contribution in [3.8, 4) is 50.9 Å². The molecule has 0 saturated heterocycles. The van der Waals surface area contributed by atoms with Gasteiger partial charge in [-0.15, -0.1) is 0 Å². The number of nitrogens with zero attached hydrogens (tertiary/aromatic N) is 1. The van der Waals surface area contributed by atoms with Crippen molar-refractivity contribution in [2.45, 2.75) is 5.41 Å². The average Bonchev–Trinajstić information content (AvgIpc) is 3.56. The van der Waals surface area contributed by atoms with Crippen molar-refractivity contribution in [3.05, 3.63) is 210 Å². The van der Waals surface area contributed by atoms with Gasteiger partial charge in [0.1, 0.15) is 23.0 Å². The highest BCUT2D eigenvalue weighted by Crippen LogP contribution is 2.63. The molecule has 0 bridgehead atoms. The zero-order chi connectivity index (χ0) is 34.2. The van der Waals surface area contributed by atoms with Crippen LogP contribution in [-0.2, 0) is 5.41 Å². The molecule has 0 fully saturated rings. The van der Waals surface area contributed by atoms with Crippen LogP contribution in [0.4, 0.5) is 0 Å². The molecule has 0 saturated carbocycles. The number of hydrogen-bond acceptors (Lipinski definition) is 2. The summed E-state index contributed by atoms with van der Waals surface area (Å²) in [5, 5.41) is 2.40. The number of ether oxygens (including phenoxy) is 2. The molecular weight excluding hydrogens is 635 g/mol. The molecule has 11 rings (SSSR count). The Morgan fingerprint density at radius 3 is 1.58 bits per heavy atom. The lowest BCUT2D eigenvalue weighted by atomic mass is 9.61. The second-order valence-corrected chi connectivity index (χ2v) is 13.6. The van der Waals surface area contributed by atoms with Crippen molar-refractivity contribution in [1.82, 2.24) is 4.57 Å². The molecule has 0 aliphatic carbocycles. The van der Waals surface area contributed by atoms with Crippen LogP contribution in [-0.4, -0.2) is 4.57 Å². The van der Waals surface area contributed by atoms with Crippen molar-refractivity contribution in [2.75, 3.05) is 0 Å². The molecule has 2 aliphatic rings. The van der Waals surface area contributed by atoms with E-state index in [0.29, 0.717) is 0 Å². The van der Waals surface area contributed by atoms with Gasteiger partial charge in [0, 0.05) is 49.8 Å². The predicted molar refractivity (Wildman–Crippen MR) is 210 cm³/mol. The molecule has 1 spiro atoms. The summed E-state index contributed by atoms with van der Waals surface area (Å²) in [5.41, 5.74) is 11.5. The van der Waals surface area contributed by atoms with E-state index in [9.17, 15) is 0 Å². The minimum atomic E-state index is -0.707. The molecule has 1 atom stereocenters. The van der Waals surface area contributed by atoms with Crippen LogP contribution in [0.2, 0.25) is 0 Å². The first kappa shape index (κ1) is 28.9. The Kier molecular flexibility index (Phi) is 6.17. The van der Waals surface area contributed by atoms with Gasteiger partial charge < -0.3 is 14.0 Å². The zero-order valence-corrected chi connectivity index (χ0v) is 28.2. The van der Waals surface area contributed by atoms with Crippen molar-refractivity contribution < 1.29 is 9.47 Å². The highest BCUT2D eigenvalue weighted by atomic mass is 16.5. The Morgan fingerprint density at radius 2 is 0.865 bits per heavy atom.